The number of hydrogen-bond donors (Lipinski definition) is 2. The molecule has 0 aliphatic carbocycles. The Morgan fingerprint density at radius 1 is 1.48 bits per heavy atom. The van der Waals surface area contributed by atoms with Gasteiger partial charge in [-0.3, -0.25) is 0 Å². The number of urea groups is 1. The second-order valence-electron chi connectivity index (χ2n) is 6.37. The van der Waals surface area contributed by atoms with Gasteiger partial charge < -0.3 is 20.3 Å². The monoisotopic (exact) mass is 320 g/mol. The summed E-state index contributed by atoms with van der Waals surface area (Å²) < 4.78 is 5.07. The highest BCUT2D eigenvalue weighted by molar-refractivity contribution is 5.73. The van der Waals surface area contributed by atoms with Crippen LogP contribution < -0.4 is 15.4 Å². The first-order valence-corrected chi connectivity index (χ1v) is 8.33. The Morgan fingerprint density at radius 3 is 3.04 bits per heavy atom. The van der Waals surface area contributed by atoms with E-state index >= 15 is 0 Å². The fraction of sp³-hybridized carbons (Fsp3) is 0.647. The number of methoxy groups -OCH3 is 1. The highest BCUT2D eigenvalue weighted by atomic mass is 16.5. The number of piperidine rings is 1. The number of carbonyl (C=O) groups is 1. The molecule has 1 aliphatic heterocycles. The van der Waals surface area contributed by atoms with Crippen molar-refractivity contribution in [2.24, 2.45) is 5.92 Å². The number of amides is 2. The minimum Gasteiger partial charge on any atom is -0.481 e. The molecule has 23 heavy (non-hydrogen) atoms. The van der Waals surface area contributed by atoms with Gasteiger partial charge in [0, 0.05) is 37.9 Å². The maximum Gasteiger partial charge on any atom is 0.315 e. The third-order valence-electron chi connectivity index (χ3n) is 4.29. The number of rotatable bonds is 6. The maximum absolute atomic E-state index is 11.9. The second-order valence-corrected chi connectivity index (χ2v) is 6.37. The summed E-state index contributed by atoms with van der Waals surface area (Å²) in [6.45, 7) is 7.89. The molecule has 0 saturated carbocycles. The van der Waals surface area contributed by atoms with Crippen LogP contribution in [0.15, 0.2) is 18.3 Å². The smallest absolute Gasteiger partial charge is 0.315 e. The van der Waals surface area contributed by atoms with E-state index in [2.05, 4.69) is 34.4 Å². The van der Waals surface area contributed by atoms with E-state index in [1.54, 1.807) is 13.3 Å². The Balaban J connectivity index is 1.70. The molecule has 0 radical (unpaired) electrons. The van der Waals surface area contributed by atoms with Crippen molar-refractivity contribution in [3.05, 3.63) is 23.9 Å². The van der Waals surface area contributed by atoms with Gasteiger partial charge in [-0.25, -0.2) is 9.78 Å². The van der Waals surface area contributed by atoms with Crippen LogP contribution in [0.25, 0.3) is 0 Å². The quantitative estimate of drug-likeness (QED) is 0.841. The van der Waals surface area contributed by atoms with Crippen LogP contribution in [0.4, 0.5) is 4.79 Å². The van der Waals surface area contributed by atoms with Crippen molar-refractivity contribution in [1.82, 2.24) is 20.5 Å². The predicted octanol–water partition coefficient (Wildman–Crippen LogP) is 2.01. The van der Waals surface area contributed by atoms with Crippen LogP contribution in [0, 0.1) is 5.92 Å². The lowest BCUT2D eigenvalue weighted by Crippen LogP contribution is -2.45. The number of pyridine rings is 1. The molecule has 0 spiro atoms. The van der Waals surface area contributed by atoms with E-state index in [-0.39, 0.29) is 6.03 Å². The molecule has 6 heteroatoms. The molecule has 128 valence electrons. The average Bonchev–Trinajstić information content (AvgIpc) is 2.58. The molecule has 0 bridgehead atoms. The third-order valence-corrected chi connectivity index (χ3v) is 4.29. The van der Waals surface area contributed by atoms with E-state index < -0.39 is 0 Å². The number of nitrogens with zero attached hydrogens (tertiary/aromatic N) is 2. The zero-order valence-electron chi connectivity index (χ0n) is 14.3. The van der Waals surface area contributed by atoms with Gasteiger partial charge in [0.2, 0.25) is 5.88 Å². The van der Waals surface area contributed by atoms with Crippen LogP contribution in [-0.2, 0) is 6.54 Å². The van der Waals surface area contributed by atoms with Crippen LogP contribution in [0.3, 0.4) is 0 Å². The molecule has 2 amide bonds. The normalized spacial score (nSPS) is 18.7. The lowest BCUT2D eigenvalue weighted by Gasteiger charge is -2.35. The standard InChI is InChI=1S/C17H28N4O2/c1-13(2)21-8-4-5-15(12-21)11-20-17(22)19-10-14-6-7-18-16(9-14)23-3/h6-7,9,13,15H,4-5,8,10-12H2,1-3H3,(H2,19,20,22)/t15-/m0/s1. The summed E-state index contributed by atoms with van der Waals surface area (Å²) in [5.41, 5.74) is 0.968. The minimum atomic E-state index is -0.123. The first kappa shape index (κ1) is 17.5. The summed E-state index contributed by atoms with van der Waals surface area (Å²) in [4.78, 5) is 18.5. The molecule has 0 aromatic carbocycles. The summed E-state index contributed by atoms with van der Waals surface area (Å²) in [7, 11) is 1.58. The van der Waals surface area contributed by atoms with E-state index in [1.807, 2.05) is 12.1 Å². The number of nitrogens with one attached hydrogen (secondary N) is 2. The van der Waals surface area contributed by atoms with Gasteiger partial charge in [0.25, 0.3) is 0 Å². The van der Waals surface area contributed by atoms with Crippen molar-refractivity contribution in [2.45, 2.75) is 39.3 Å². The van der Waals surface area contributed by atoms with Gasteiger partial charge in [-0.15, -0.1) is 0 Å². The van der Waals surface area contributed by atoms with Crippen molar-refractivity contribution >= 4 is 6.03 Å². The van der Waals surface area contributed by atoms with E-state index in [1.165, 1.54) is 19.4 Å². The SMILES string of the molecule is COc1cc(CNC(=O)NC[C@@H]2CCCN(C(C)C)C2)ccn1. The van der Waals surface area contributed by atoms with Crippen LogP contribution in [-0.4, -0.2) is 48.7 Å². The van der Waals surface area contributed by atoms with E-state index in [9.17, 15) is 4.79 Å². The molecule has 1 aromatic rings. The van der Waals surface area contributed by atoms with Crippen LogP contribution >= 0.6 is 0 Å². The molecular formula is C17H28N4O2. The van der Waals surface area contributed by atoms with Crippen molar-refractivity contribution in [1.29, 1.82) is 0 Å². The molecule has 1 saturated heterocycles. The number of aromatic nitrogens is 1. The first-order chi connectivity index (χ1) is 11.1. The second kappa shape index (κ2) is 8.72. The fourth-order valence-electron chi connectivity index (χ4n) is 2.89. The number of likely N-dealkylation sites (tertiary alicyclic amines) is 1. The van der Waals surface area contributed by atoms with E-state index in [0.717, 1.165) is 18.7 Å². The minimum absolute atomic E-state index is 0.123. The molecule has 1 aliphatic rings. The Hall–Kier alpha value is -1.82. The van der Waals surface area contributed by atoms with Crippen LogP contribution in [0.1, 0.15) is 32.3 Å². The predicted molar refractivity (Wildman–Crippen MR) is 90.5 cm³/mol. The molecule has 2 rings (SSSR count). The zero-order valence-corrected chi connectivity index (χ0v) is 14.3. The zero-order chi connectivity index (χ0) is 16.7. The van der Waals surface area contributed by atoms with Crippen molar-refractivity contribution < 1.29 is 9.53 Å². The first-order valence-electron chi connectivity index (χ1n) is 8.33. The van der Waals surface area contributed by atoms with E-state index in [4.69, 9.17) is 4.74 Å². The summed E-state index contributed by atoms with van der Waals surface area (Å²) in [6, 6.07) is 4.14. The highest BCUT2D eigenvalue weighted by Crippen LogP contribution is 2.17. The lowest BCUT2D eigenvalue weighted by molar-refractivity contribution is 0.139. The number of carbonyl (C=O) groups excluding carboxylic acids is 1. The maximum atomic E-state index is 11.9. The molecular weight excluding hydrogens is 292 g/mol. The van der Waals surface area contributed by atoms with Gasteiger partial charge in [0.05, 0.1) is 7.11 Å². The lowest BCUT2D eigenvalue weighted by atomic mass is 9.97. The van der Waals surface area contributed by atoms with Crippen LogP contribution in [0.2, 0.25) is 0 Å². The van der Waals surface area contributed by atoms with Gasteiger partial charge in [-0.2, -0.15) is 0 Å². The topological polar surface area (TPSA) is 66.5 Å². The number of hydrogen-bond acceptors (Lipinski definition) is 4. The molecule has 1 aromatic heterocycles. The van der Waals surface area contributed by atoms with Crippen molar-refractivity contribution in [3.63, 3.8) is 0 Å². The van der Waals surface area contributed by atoms with Gasteiger partial charge >= 0.3 is 6.03 Å². The van der Waals surface area contributed by atoms with Crippen molar-refractivity contribution in [3.8, 4) is 5.88 Å². The van der Waals surface area contributed by atoms with Crippen LogP contribution in [0.5, 0.6) is 5.88 Å². The highest BCUT2D eigenvalue weighted by Gasteiger charge is 2.21. The summed E-state index contributed by atoms with van der Waals surface area (Å²) in [5.74, 6) is 1.10. The Morgan fingerprint density at radius 2 is 2.30 bits per heavy atom. The van der Waals surface area contributed by atoms with E-state index in [0.29, 0.717) is 24.4 Å². The summed E-state index contributed by atoms with van der Waals surface area (Å²) >= 11 is 0. The van der Waals surface area contributed by atoms with Gasteiger partial charge in [0.1, 0.15) is 0 Å². The Labute approximate surface area is 138 Å². The fourth-order valence-corrected chi connectivity index (χ4v) is 2.89. The largest absolute Gasteiger partial charge is 0.481 e. The average molecular weight is 320 g/mol. The number of ether oxygens (including phenoxy) is 1. The third kappa shape index (κ3) is 5.71. The Kier molecular flexibility index (Phi) is 6.65. The molecule has 2 heterocycles. The summed E-state index contributed by atoms with van der Waals surface area (Å²) in [5, 5.41) is 5.86. The molecule has 1 atom stereocenters. The van der Waals surface area contributed by atoms with Crippen molar-refractivity contribution in [2.75, 3.05) is 26.7 Å². The van der Waals surface area contributed by atoms with Gasteiger partial charge in [0.15, 0.2) is 0 Å². The molecule has 2 N–H and O–H groups in total. The Bertz CT molecular complexity index is 507. The van der Waals surface area contributed by atoms with Gasteiger partial charge in [-0.05, 0) is 50.8 Å². The molecule has 0 unspecified atom stereocenters. The summed E-state index contributed by atoms with van der Waals surface area (Å²) in [6.07, 6.45) is 4.07. The molecule has 6 nitrogen and oxygen atoms in total. The molecule has 1 fully saturated rings. The van der Waals surface area contributed by atoms with Gasteiger partial charge in [-0.1, -0.05) is 0 Å².